The molecule has 0 radical (unpaired) electrons. The lowest BCUT2D eigenvalue weighted by Gasteiger charge is -2.12. The third-order valence-corrected chi connectivity index (χ3v) is 3.98. The number of furan rings is 1. The first kappa shape index (κ1) is 15.2. The maximum Gasteiger partial charge on any atom is 0.336 e. The average molecular weight is 305 g/mol. The summed E-state index contributed by atoms with van der Waals surface area (Å²) in [7, 11) is 0. The van der Waals surface area contributed by atoms with Crippen molar-refractivity contribution in [3.8, 4) is 0 Å². The van der Waals surface area contributed by atoms with Crippen LogP contribution in [0.25, 0.3) is 0 Å². The number of thioether (sulfide) groups is 1. The summed E-state index contributed by atoms with van der Waals surface area (Å²) in [5, 5.41) is 11.5. The summed E-state index contributed by atoms with van der Waals surface area (Å²) < 4.78 is 5.13. The number of carbonyl (C=O) groups excluding carboxylic acids is 1. The van der Waals surface area contributed by atoms with Crippen LogP contribution in [-0.2, 0) is 11.3 Å². The highest BCUT2D eigenvalue weighted by atomic mass is 32.2. The molecule has 110 valence electrons. The molecular formula is C15H15NO4S. The Balaban J connectivity index is 1.96. The number of carboxylic acid groups (broad SMARTS) is 1. The van der Waals surface area contributed by atoms with Crippen molar-refractivity contribution in [2.75, 3.05) is 0 Å². The maximum absolute atomic E-state index is 12.0. The van der Waals surface area contributed by atoms with E-state index in [1.165, 1.54) is 17.8 Å². The van der Waals surface area contributed by atoms with E-state index < -0.39 is 11.2 Å². The Morgan fingerprint density at radius 1 is 1.29 bits per heavy atom. The molecule has 0 spiro atoms. The van der Waals surface area contributed by atoms with E-state index in [1.807, 2.05) is 0 Å². The van der Waals surface area contributed by atoms with Gasteiger partial charge in [-0.3, -0.25) is 4.79 Å². The van der Waals surface area contributed by atoms with Crippen molar-refractivity contribution in [1.29, 1.82) is 0 Å². The third-order valence-electron chi connectivity index (χ3n) is 2.81. The van der Waals surface area contributed by atoms with E-state index in [1.54, 1.807) is 43.5 Å². The van der Waals surface area contributed by atoms with Gasteiger partial charge in [-0.05, 0) is 31.2 Å². The van der Waals surface area contributed by atoms with Crippen molar-refractivity contribution >= 4 is 23.6 Å². The molecular weight excluding hydrogens is 290 g/mol. The summed E-state index contributed by atoms with van der Waals surface area (Å²) in [5.41, 5.74) is 0.202. The predicted octanol–water partition coefficient (Wildman–Crippen LogP) is 2.77. The minimum atomic E-state index is -0.999. The van der Waals surface area contributed by atoms with E-state index in [2.05, 4.69) is 5.32 Å². The standard InChI is InChI=1S/C15H15NO4S/c1-10(14(17)16-9-11-5-4-8-20-11)21-13-7-3-2-6-12(13)15(18)19/h2-8,10H,9H2,1H3,(H,16,17)(H,18,19)/t10-/m0/s1. The maximum atomic E-state index is 12.0. The van der Waals surface area contributed by atoms with Crippen LogP contribution in [0.4, 0.5) is 0 Å². The Hall–Kier alpha value is -2.21. The highest BCUT2D eigenvalue weighted by Crippen LogP contribution is 2.27. The fourth-order valence-electron chi connectivity index (χ4n) is 1.72. The first-order chi connectivity index (χ1) is 10.1. The van der Waals surface area contributed by atoms with Crippen molar-refractivity contribution in [3.05, 3.63) is 54.0 Å². The number of hydrogen-bond donors (Lipinski definition) is 2. The molecule has 0 aliphatic rings. The first-order valence-electron chi connectivity index (χ1n) is 6.37. The number of amides is 1. The number of rotatable bonds is 6. The predicted molar refractivity (Wildman–Crippen MR) is 79.3 cm³/mol. The molecule has 0 aliphatic carbocycles. The lowest BCUT2D eigenvalue weighted by Crippen LogP contribution is -2.30. The molecule has 1 heterocycles. The zero-order valence-corrected chi connectivity index (χ0v) is 12.2. The average Bonchev–Trinajstić information content (AvgIpc) is 2.98. The van der Waals surface area contributed by atoms with Crippen molar-refractivity contribution in [2.24, 2.45) is 0 Å². The largest absolute Gasteiger partial charge is 0.478 e. The van der Waals surface area contributed by atoms with E-state index in [0.29, 0.717) is 17.2 Å². The Kier molecular flexibility index (Phi) is 5.05. The number of hydrogen-bond acceptors (Lipinski definition) is 4. The molecule has 1 aromatic heterocycles. The number of carbonyl (C=O) groups is 2. The lowest BCUT2D eigenvalue weighted by atomic mass is 10.2. The molecule has 0 bridgehead atoms. The second-order valence-electron chi connectivity index (χ2n) is 4.36. The quantitative estimate of drug-likeness (QED) is 0.802. The van der Waals surface area contributed by atoms with Gasteiger partial charge in [0.15, 0.2) is 0 Å². The Morgan fingerprint density at radius 2 is 2.05 bits per heavy atom. The fourth-order valence-corrected chi connectivity index (χ4v) is 2.73. The smallest absolute Gasteiger partial charge is 0.336 e. The van der Waals surface area contributed by atoms with Gasteiger partial charge < -0.3 is 14.8 Å². The topological polar surface area (TPSA) is 79.5 Å². The van der Waals surface area contributed by atoms with E-state index in [9.17, 15) is 9.59 Å². The highest BCUT2D eigenvalue weighted by Gasteiger charge is 2.18. The summed E-state index contributed by atoms with van der Waals surface area (Å²) in [4.78, 5) is 23.7. The second kappa shape index (κ2) is 6.99. The van der Waals surface area contributed by atoms with E-state index >= 15 is 0 Å². The molecule has 1 atom stereocenters. The lowest BCUT2D eigenvalue weighted by molar-refractivity contribution is -0.120. The van der Waals surface area contributed by atoms with Crippen LogP contribution in [0.2, 0.25) is 0 Å². The van der Waals surface area contributed by atoms with E-state index in [-0.39, 0.29) is 11.5 Å². The minimum Gasteiger partial charge on any atom is -0.478 e. The van der Waals surface area contributed by atoms with Crippen LogP contribution in [0.3, 0.4) is 0 Å². The summed E-state index contributed by atoms with van der Waals surface area (Å²) in [6, 6.07) is 10.2. The van der Waals surface area contributed by atoms with Crippen LogP contribution in [0.15, 0.2) is 52.0 Å². The van der Waals surface area contributed by atoms with Crippen LogP contribution in [-0.4, -0.2) is 22.2 Å². The number of carboxylic acids is 1. The molecule has 1 aromatic carbocycles. The van der Waals surface area contributed by atoms with Crippen LogP contribution in [0.1, 0.15) is 23.0 Å². The molecule has 0 fully saturated rings. The van der Waals surface area contributed by atoms with Crippen LogP contribution >= 0.6 is 11.8 Å². The van der Waals surface area contributed by atoms with Crippen LogP contribution in [0, 0.1) is 0 Å². The number of aromatic carboxylic acids is 1. The van der Waals surface area contributed by atoms with E-state index in [4.69, 9.17) is 9.52 Å². The molecule has 21 heavy (non-hydrogen) atoms. The summed E-state index contributed by atoms with van der Waals surface area (Å²) >= 11 is 1.22. The van der Waals surface area contributed by atoms with Crippen molar-refractivity contribution < 1.29 is 19.1 Å². The Labute approximate surface area is 126 Å². The monoisotopic (exact) mass is 305 g/mol. The number of benzene rings is 1. The zero-order valence-electron chi connectivity index (χ0n) is 11.4. The van der Waals surface area contributed by atoms with Gasteiger partial charge in [-0.2, -0.15) is 0 Å². The van der Waals surface area contributed by atoms with Gasteiger partial charge in [0.05, 0.1) is 23.6 Å². The van der Waals surface area contributed by atoms with Crippen LogP contribution < -0.4 is 5.32 Å². The fraction of sp³-hybridized carbons (Fsp3) is 0.200. The van der Waals surface area contributed by atoms with Gasteiger partial charge in [0.1, 0.15) is 5.76 Å². The second-order valence-corrected chi connectivity index (χ2v) is 5.74. The molecule has 1 amide bonds. The van der Waals surface area contributed by atoms with Gasteiger partial charge in [-0.25, -0.2) is 4.79 Å². The van der Waals surface area contributed by atoms with Gasteiger partial charge in [-0.15, -0.1) is 11.8 Å². The molecule has 0 aliphatic heterocycles. The van der Waals surface area contributed by atoms with E-state index in [0.717, 1.165) is 0 Å². The Bertz CT molecular complexity index is 624. The Morgan fingerprint density at radius 3 is 2.71 bits per heavy atom. The van der Waals surface area contributed by atoms with Crippen LogP contribution in [0.5, 0.6) is 0 Å². The molecule has 2 rings (SSSR count). The van der Waals surface area contributed by atoms with Gasteiger partial charge in [0.2, 0.25) is 5.91 Å². The van der Waals surface area contributed by atoms with Crippen molar-refractivity contribution in [2.45, 2.75) is 23.6 Å². The van der Waals surface area contributed by atoms with Gasteiger partial charge in [0, 0.05) is 4.90 Å². The summed E-state index contributed by atoms with van der Waals surface area (Å²) in [6.45, 7) is 2.05. The first-order valence-corrected chi connectivity index (χ1v) is 7.25. The SMILES string of the molecule is C[C@H](Sc1ccccc1C(=O)O)C(=O)NCc1ccco1. The van der Waals surface area contributed by atoms with Crippen molar-refractivity contribution in [1.82, 2.24) is 5.32 Å². The summed E-state index contributed by atoms with van der Waals surface area (Å²) in [5.74, 6) is -0.496. The molecule has 2 aromatic rings. The van der Waals surface area contributed by atoms with Gasteiger partial charge in [0.25, 0.3) is 0 Å². The van der Waals surface area contributed by atoms with Gasteiger partial charge >= 0.3 is 5.97 Å². The van der Waals surface area contributed by atoms with Gasteiger partial charge in [-0.1, -0.05) is 12.1 Å². The molecule has 0 saturated carbocycles. The molecule has 5 nitrogen and oxygen atoms in total. The molecule has 0 unspecified atom stereocenters. The molecule has 6 heteroatoms. The molecule has 2 N–H and O–H groups in total. The molecule has 0 saturated heterocycles. The number of nitrogens with one attached hydrogen (secondary N) is 1. The zero-order chi connectivity index (χ0) is 15.2. The minimum absolute atomic E-state index is 0.170. The summed E-state index contributed by atoms with van der Waals surface area (Å²) in [6.07, 6.45) is 1.54. The third kappa shape index (κ3) is 4.13. The van der Waals surface area contributed by atoms with Crippen molar-refractivity contribution in [3.63, 3.8) is 0 Å². The normalized spacial score (nSPS) is 11.9. The highest BCUT2D eigenvalue weighted by molar-refractivity contribution is 8.00.